The van der Waals surface area contributed by atoms with E-state index in [9.17, 15) is 4.39 Å². The van der Waals surface area contributed by atoms with E-state index in [2.05, 4.69) is 12.1 Å². The Hall–Kier alpha value is -1.67. The molecule has 0 amide bonds. The molecule has 18 heavy (non-hydrogen) atoms. The van der Waals surface area contributed by atoms with Gasteiger partial charge in [0.25, 0.3) is 0 Å². The lowest BCUT2D eigenvalue weighted by molar-refractivity contribution is 0.607. The number of rotatable bonds is 4. The van der Waals surface area contributed by atoms with E-state index in [0.717, 1.165) is 24.0 Å². The van der Waals surface area contributed by atoms with Gasteiger partial charge in [0.05, 0.1) is 0 Å². The molecule has 0 spiro atoms. The van der Waals surface area contributed by atoms with Crippen LogP contribution in [-0.4, -0.2) is 0 Å². The molecule has 2 aromatic carbocycles. The molecule has 0 saturated heterocycles. The summed E-state index contributed by atoms with van der Waals surface area (Å²) in [6, 6.07) is 14.9. The average molecular weight is 243 g/mol. The molecule has 2 rings (SSSR count). The van der Waals surface area contributed by atoms with Gasteiger partial charge in [0.2, 0.25) is 0 Å². The molecule has 94 valence electrons. The zero-order chi connectivity index (χ0) is 13.0. The predicted molar refractivity (Wildman–Crippen MR) is 72.8 cm³/mol. The van der Waals surface area contributed by atoms with Crippen LogP contribution in [0.3, 0.4) is 0 Å². The molecule has 0 radical (unpaired) electrons. The third-order valence-electron chi connectivity index (χ3n) is 3.23. The monoisotopic (exact) mass is 243 g/mol. The molecule has 2 aromatic rings. The van der Waals surface area contributed by atoms with Crippen molar-refractivity contribution >= 4 is 0 Å². The van der Waals surface area contributed by atoms with Gasteiger partial charge in [-0.2, -0.15) is 0 Å². The Morgan fingerprint density at radius 3 is 2.56 bits per heavy atom. The van der Waals surface area contributed by atoms with Crippen LogP contribution in [0.4, 0.5) is 4.39 Å². The molecule has 0 saturated carbocycles. The molecule has 2 heteroatoms. The molecule has 0 aliphatic carbocycles. The second-order valence-corrected chi connectivity index (χ2v) is 4.63. The maximum Gasteiger partial charge on any atom is 0.123 e. The largest absolute Gasteiger partial charge is 0.324 e. The van der Waals surface area contributed by atoms with Crippen LogP contribution in [0.1, 0.15) is 29.2 Å². The van der Waals surface area contributed by atoms with Gasteiger partial charge in [-0.1, -0.05) is 36.4 Å². The number of hydrogen-bond acceptors (Lipinski definition) is 1. The minimum absolute atomic E-state index is 0.110. The minimum atomic E-state index is -0.217. The van der Waals surface area contributed by atoms with E-state index in [-0.39, 0.29) is 11.9 Å². The quantitative estimate of drug-likeness (QED) is 0.869. The van der Waals surface area contributed by atoms with Crippen LogP contribution in [0, 0.1) is 12.7 Å². The van der Waals surface area contributed by atoms with Crippen LogP contribution in [0.25, 0.3) is 0 Å². The van der Waals surface area contributed by atoms with Crippen molar-refractivity contribution in [1.82, 2.24) is 0 Å². The second kappa shape index (κ2) is 5.78. The first kappa shape index (κ1) is 12.8. The summed E-state index contributed by atoms with van der Waals surface area (Å²) >= 11 is 0. The van der Waals surface area contributed by atoms with Crippen LogP contribution in [0.2, 0.25) is 0 Å². The highest BCUT2D eigenvalue weighted by Gasteiger charge is 2.10. The molecule has 1 atom stereocenters. The van der Waals surface area contributed by atoms with Crippen molar-refractivity contribution in [3.05, 3.63) is 71.0 Å². The van der Waals surface area contributed by atoms with E-state index in [0.29, 0.717) is 0 Å². The van der Waals surface area contributed by atoms with Crippen molar-refractivity contribution in [2.24, 2.45) is 5.73 Å². The number of nitrogens with two attached hydrogens (primary N) is 1. The fourth-order valence-electron chi connectivity index (χ4n) is 2.13. The predicted octanol–water partition coefficient (Wildman–Crippen LogP) is 3.77. The van der Waals surface area contributed by atoms with E-state index in [1.54, 1.807) is 12.1 Å². The topological polar surface area (TPSA) is 26.0 Å². The molecule has 0 fully saturated rings. The summed E-state index contributed by atoms with van der Waals surface area (Å²) in [7, 11) is 0. The molecule has 0 aromatic heterocycles. The Labute approximate surface area is 107 Å². The van der Waals surface area contributed by atoms with Crippen molar-refractivity contribution in [3.8, 4) is 0 Å². The molecular weight excluding hydrogens is 225 g/mol. The van der Waals surface area contributed by atoms with Crippen LogP contribution >= 0.6 is 0 Å². The Bertz CT molecular complexity index is 508. The van der Waals surface area contributed by atoms with Gasteiger partial charge in [0.1, 0.15) is 5.82 Å². The van der Waals surface area contributed by atoms with Gasteiger partial charge in [-0.15, -0.1) is 0 Å². The Morgan fingerprint density at radius 2 is 1.83 bits per heavy atom. The first-order valence-corrected chi connectivity index (χ1v) is 6.22. The van der Waals surface area contributed by atoms with Gasteiger partial charge in [0, 0.05) is 6.04 Å². The minimum Gasteiger partial charge on any atom is -0.324 e. The standard InChI is InChI=1S/C16H18FN/c1-12-7-9-14(17)11-15(12)16(18)10-8-13-5-3-2-4-6-13/h2-7,9,11,16H,8,10,18H2,1H3. The maximum atomic E-state index is 13.2. The molecule has 0 aliphatic rings. The van der Waals surface area contributed by atoms with Gasteiger partial charge in [0.15, 0.2) is 0 Å². The van der Waals surface area contributed by atoms with E-state index in [1.165, 1.54) is 11.6 Å². The number of halogens is 1. The fourth-order valence-corrected chi connectivity index (χ4v) is 2.13. The fraction of sp³-hybridized carbons (Fsp3) is 0.250. The molecule has 0 heterocycles. The molecule has 1 nitrogen and oxygen atoms in total. The van der Waals surface area contributed by atoms with E-state index in [1.807, 2.05) is 25.1 Å². The number of aryl methyl sites for hydroxylation is 2. The maximum absolute atomic E-state index is 13.2. The van der Waals surface area contributed by atoms with Crippen molar-refractivity contribution in [3.63, 3.8) is 0 Å². The average Bonchev–Trinajstić information content (AvgIpc) is 2.40. The number of benzene rings is 2. The lowest BCUT2D eigenvalue weighted by Gasteiger charge is -2.14. The van der Waals surface area contributed by atoms with Gasteiger partial charge in [-0.25, -0.2) is 4.39 Å². The van der Waals surface area contributed by atoms with Crippen molar-refractivity contribution in [1.29, 1.82) is 0 Å². The summed E-state index contributed by atoms with van der Waals surface area (Å²) in [6.45, 7) is 1.97. The zero-order valence-electron chi connectivity index (χ0n) is 10.6. The Morgan fingerprint density at radius 1 is 1.11 bits per heavy atom. The highest BCUT2D eigenvalue weighted by Crippen LogP contribution is 2.21. The Balaban J connectivity index is 2.03. The third kappa shape index (κ3) is 3.17. The van der Waals surface area contributed by atoms with Gasteiger partial charge in [-0.3, -0.25) is 0 Å². The summed E-state index contributed by atoms with van der Waals surface area (Å²) in [5.74, 6) is -0.217. The summed E-state index contributed by atoms with van der Waals surface area (Å²) in [5, 5.41) is 0. The van der Waals surface area contributed by atoms with Crippen molar-refractivity contribution < 1.29 is 4.39 Å². The first-order valence-electron chi connectivity index (χ1n) is 6.22. The summed E-state index contributed by atoms with van der Waals surface area (Å²) in [4.78, 5) is 0. The molecule has 0 bridgehead atoms. The lowest BCUT2D eigenvalue weighted by Crippen LogP contribution is -2.13. The van der Waals surface area contributed by atoms with Gasteiger partial charge >= 0.3 is 0 Å². The zero-order valence-corrected chi connectivity index (χ0v) is 10.6. The van der Waals surface area contributed by atoms with Crippen molar-refractivity contribution in [2.75, 3.05) is 0 Å². The van der Waals surface area contributed by atoms with Crippen LogP contribution in [0.15, 0.2) is 48.5 Å². The van der Waals surface area contributed by atoms with Gasteiger partial charge in [-0.05, 0) is 48.6 Å². The molecule has 2 N–H and O–H groups in total. The third-order valence-corrected chi connectivity index (χ3v) is 3.23. The first-order chi connectivity index (χ1) is 8.66. The second-order valence-electron chi connectivity index (χ2n) is 4.63. The van der Waals surface area contributed by atoms with Crippen molar-refractivity contribution in [2.45, 2.75) is 25.8 Å². The number of hydrogen-bond donors (Lipinski definition) is 1. The van der Waals surface area contributed by atoms with E-state index in [4.69, 9.17) is 5.73 Å². The summed E-state index contributed by atoms with van der Waals surface area (Å²) < 4.78 is 13.2. The van der Waals surface area contributed by atoms with Gasteiger partial charge < -0.3 is 5.73 Å². The molecular formula is C16H18FN. The summed E-state index contributed by atoms with van der Waals surface area (Å²) in [6.07, 6.45) is 1.74. The normalized spacial score (nSPS) is 12.4. The lowest BCUT2D eigenvalue weighted by atomic mass is 9.96. The molecule has 0 aliphatic heterocycles. The van der Waals surface area contributed by atoms with E-state index < -0.39 is 0 Å². The molecule has 1 unspecified atom stereocenters. The van der Waals surface area contributed by atoms with Crippen LogP contribution < -0.4 is 5.73 Å². The highest BCUT2D eigenvalue weighted by atomic mass is 19.1. The smallest absolute Gasteiger partial charge is 0.123 e. The Kier molecular flexibility index (Phi) is 4.11. The highest BCUT2D eigenvalue weighted by molar-refractivity contribution is 5.29. The summed E-state index contributed by atoms with van der Waals surface area (Å²) in [5.41, 5.74) is 9.37. The van der Waals surface area contributed by atoms with E-state index >= 15 is 0 Å². The van der Waals surface area contributed by atoms with Crippen LogP contribution in [-0.2, 0) is 6.42 Å². The van der Waals surface area contributed by atoms with Crippen LogP contribution in [0.5, 0.6) is 0 Å². The SMILES string of the molecule is Cc1ccc(F)cc1C(N)CCc1ccccc1.